The standard InChI is InChI=1S/C13H15BrCl2N2OS/c14-9-1-2-10(13(16)12(9)15)18-11(19)7-20-8-3-5-17-6-4-8/h1-2,8,17H,3-7H2,(H,18,19). The Morgan fingerprint density at radius 2 is 2.05 bits per heavy atom. The molecule has 0 saturated carbocycles. The highest BCUT2D eigenvalue weighted by atomic mass is 79.9. The molecule has 0 aromatic heterocycles. The summed E-state index contributed by atoms with van der Waals surface area (Å²) >= 11 is 17.1. The van der Waals surface area contributed by atoms with Crippen LogP contribution in [0.1, 0.15) is 12.8 Å². The summed E-state index contributed by atoms with van der Waals surface area (Å²) in [5.41, 5.74) is 0.552. The number of carbonyl (C=O) groups is 1. The molecule has 1 aromatic carbocycles. The molecule has 3 nitrogen and oxygen atoms in total. The molecule has 1 aliphatic rings. The van der Waals surface area contributed by atoms with Crippen LogP contribution in [-0.4, -0.2) is 30.0 Å². The Bertz CT molecular complexity index is 496. The van der Waals surface area contributed by atoms with Crippen LogP contribution < -0.4 is 10.6 Å². The van der Waals surface area contributed by atoms with Crippen molar-refractivity contribution >= 4 is 62.5 Å². The lowest BCUT2D eigenvalue weighted by atomic mass is 10.2. The van der Waals surface area contributed by atoms with Crippen LogP contribution in [0.2, 0.25) is 10.0 Å². The topological polar surface area (TPSA) is 41.1 Å². The molecule has 7 heteroatoms. The summed E-state index contributed by atoms with van der Waals surface area (Å²) in [7, 11) is 0. The summed E-state index contributed by atoms with van der Waals surface area (Å²) in [6.45, 7) is 2.07. The molecule has 0 radical (unpaired) electrons. The summed E-state index contributed by atoms with van der Waals surface area (Å²) in [5.74, 6) is 0.392. The van der Waals surface area contributed by atoms with Crippen LogP contribution in [0, 0.1) is 0 Å². The summed E-state index contributed by atoms with van der Waals surface area (Å²) < 4.78 is 0.714. The van der Waals surface area contributed by atoms with E-state index < -0.39 is 0 Å². The number of benzene rings is 1. The zero-order valence-corrected chi connectivity index (χ0v) is 14.6. The zero-order chi connectivity index (χ0) is 14.5. The maximum Gasteiger partial charge on any atom is 0.234 e. The van der Waals surface area contributed by atoms with Crippen LogP contribution in [0.3, 0.4) is 0 Å². The van der Waals surface area contributed by atoms with E-state index in [0.29, 0.717) is 31.2 Å². The Kier molecular flexibility index (Phi) is 6.49. The van der Waals surface area contributed by atoms with Gasteiger partial charge < -0.3 is 10.6 Å². The molecule has 110 valence electrons. The number of thioether (sulfide) groups is 1. The number of rotatable bonds is 4. The second-order valence-electron chi connectivity index (χ2n) is 4.53. The van der Waals surface area contributed by atoms with Crippen molar-refractivity contribution in [2.24, 2.45) is 0 Å². The van der Waals surface area contributed by atoms with E-state index in [1.807, 2.05) is 0 Å². The molecule has 0 unspecified atom stereocenters. The number of piperidine rings is 1. The van der Waals surface area contributed by atoms with Crippen LogP contribution in [0.4, 0.5) is 5.69 Å². The van der Waals surface area contributed by atoms with Crippen LogP contribution in [0.5, 0.6) is 0 Å². The molecule has 2 N–H and O–H groups in total. The number of carbonyl (C=O) groups excluding carboxylic acids is 1. The monoisotopic (exact) mass is 396 g/mol. The molecule has 0 atom stereocenters. The number of halogens is 3. The molecule has 1 aromatic rings. The molecule has 0 bridgehead atoms. The van der Waals surface area contributed by atoms with Gasteiger partial charge in [-0.05, 0) is 54.0 Å². The van der Waals surface area contributed by atoms with Gasteiger partial charge in [0.15, 0.2) is 0 Å². The first kappa shape index (κ1) is 16.4. The summed E-state index contributed by atoms with van der Waals surface area (Å²) in [4.78, 5) is 11.9. The normalized spacial score (nSPS) is 16.1. The molecule has 20 heavy (non-hydrogen) atoms. The summed E-state index contributed by atoms with van der Waals surface area (Å²) in [6, 6.07) is 3.51. The molecule has 0 aliphatic carbocycles. The Hall–Kier alpha value is 0.0600. The fourth-order valence-corrected chi connectivity index (χ4v) is 3.81. The van der Waals surface area contributed by atoms with Gasteiger partial charge >= 0.3 is 0 Å². The lowest BCUT2D eigenvalue weighted by molar-refractivity contribution is -0.113. The molecule has 1 saturated heterocycles. The van der Waals surface area contributed by atoms with Crippen molar-refractivity contribution in [2.75, 3.05) is 24.2 Å². The smallest absolute Gasteiger partial charge is 0.234 e. The third-order valence-electron chi connectivity index (χ3n) is 3.05. The van der Waals surface area contributed by atoms with E-state index in [1.165, 1.54) is 0 Å². The third kappa shape index (κ3) is 4.53. The number of amides is 1. The maximum atomic E-state index is 11.9. The number of hydrogen-bond acceptors (Lipinski definition) is 3. The zero-order valence-electron chi connectivity index (χ0n) is 10.7. The minimum Gasteiger partial charge on any atom is -0.324 e. The number of anilines is 1. The van der Waals surface area contributed by atoms with Crippen molar-refractivity contribution in [3.05, 3.63) is 26.7 Å². The van der Waals surface area contributed by atoms with E-state index in [0.717, 1.165) is 25.9 Å². The van der Waals surface area contributed by atoms with Gasteiger partial charge in [0.1, 0.15) is 0 Å². The van der Waals surface area contributed by atoms with E-state index in [2.05, 4.69) is 26.6 Å². The van der Waals surface area contributed by atoms with E-state index in [4.69, 9.17) is 23.2 Å². The average molecular weight is 398 g/mol. The van der Waals surface area contributed by atoms with E-state index >= 15 is 0 Å². The molecular formula is C13H15BrCl2N2OS. The van der Waals surface area contributed by atoms with E-state index in [9.17, 15) is 4.79 Å². The lowest BCUT2D eigenvalue weighted by Crippen LogP contribution is -2.30. The first-order valence-electron chi connectivity index (χ1n) is 6.33. The van der Waals surface area contributed by atoms with Gasteiger partial charge in [0.2, 0.25) is 5.91 Å². The molecule has 1 heterocycles. The predicted octanol–water partition coefficient (Wildman–Crippen LogP) is 4.18. The number of hydrogen-bond donors (Lipinski definition) is 2. The molecule has 1 fully saturated rings. The highest BCUT2D eigenvalue weighted by Gasteiger charge is 2.16. The Morgan fingerprint density at radius 1 is 1.35 bits per heavy atom. The minimum absolute atomic E-state index is 0.0474. The van der Waals surface area contributed by atoms with Gasteiger partial charge in [-0.3, -0.25) is 4.79 Å². The lowest BCUT2D eigenvalue weighted by Gasteiger charge is -2.21. The van der Waals surface area contributed by atoms with Gasteiger partial charge in [-0.1, -0.05) is 23.2 Å². The second kappa shape index (κ2) is 7.90. The molecule has 0 spiro atoms. The van der Waals surface area contributed by atoms with Crippen molar-refractivity contribution in [1.29, 1.82) is 0 Å². The minimum atomic E-state index is -0.0474. The highest BCUT2D eigenvalue weighted by molar-refractivity contribution is 9.10. The first-order valence-corrected chi connectivity index (χ1v) is 8.93. The van der Waals surface area contributed by atoms with Crippen molar-refractivity contribution in [3.63, 3.8) is 0 Å². The van der Waals surface area contributed by atoms with Gasteiger partial charge in [-0.2, -0.15) is 0 Å². The van der Waals surface area contributed by atoms with Crippen molar-refractivity contribution in [2.45, 2.75) is 18.1 Å². The summed E-state index contributed by atoms with van der Waals surface area (Å²) in [5, 5.41) is 7.45. The first-order chi connectivity index (χ1) is 9.58. The van der Waals surface area contributed by atoms with Gasteiger partial charge in [0, 0.05) is 9.72 Å². The van der Waals surface area contributed by atoms with Gasteiger partial charge in [-0.25, -0.2) is 0 Å². The van der Waals surface area contributed by atoms with E-state index in [1.54, 1.807) is 23.9 Å². The van der Waals surface area contributed by atoms with Crippen LogP contribution in [-0.2, 0) is 4.79 Å². The predicted molar refractivity (Wildman–Crippen MR) is 91.1 cm³/mol. The fraction of sp³-hybridized carbons (Fsp3) is 0.462. The third-order valence-corrected chi connectivity index (χ3v) is 6.19. The average Bonchev–Trinajstić information content (AvgIpc) is 2.47. The highest BCUT2D eigenvalue weighted by Crippen LogP contribution is 2.35. The van der Waals surface area contributed by atoms with Crippen LogP contribution >= 0.6 is 50.9 Å². The quantitative estimate of drug-likeness (QED) is 0.748. The molecule has 1 aliphatic heterocycles. The van der Waals surface area contributed by atoms with Crippen LogP contribution in [0.15, 0.2) is 16.6 Å². The molecular weight excluding hydrogens is 383 g/mol. The Morgan fingerprint density at radius 3 is 2.75 bits per heavy atom. The SMILES string of the molecule is O=C(CSC1CCNCC1)Nc1ccc(Br)c(Cl)c1Cl. The van der Waals surface area contributed by atoms with Gasteiger partial charge in [0.25, 0.3) is 0 Å². The summed E-state index contributed by atoms with van der Waals surface area (Å²) in [6.07, 6.45) is 2.23. The van der Waals surface area contributed by atoms with Crippen molar-refractivity contribution in [1.82, 2.24) is 5.32 Å². The molecule has 2 rings (SSSR count). The van der Waals surface area contributed by atoms with Crippen molar-refractivity contribution < 1.29 is 4.79 Å². The van der Waals surface area contributed by atoms with E-state index in [-0.39, 0.29) is 5.91 Å². The Balaban J connectivity index is 1.86. The van der Waals surface area contributed by atoms with Gasteiger partial charge in [-0.15, -0.1) is 11.8 Å². The number of nitrogens with one attached hydrogen (secondary N) is 2. The molecule has 1 amide bonds. The fourth-order valence-electron chi connectivity index (χ4n) is 1.96. The largest absolute Gasteiger partial charge is 0.324 e. The second-order valence-corrected chi connectivity index (χ2v) is 7.43. The van der Waals surface area contributed by atoms with Crippen molar-refractivity contribution in [3.8, 4) is 0 Å². The Labute approximate surface area is 141 Å². The van der Waals surface area contributed by atoms with Crippen LogP contribution in [0.25, 0.3) is 0 Å². The van der Waals surface area contributed by atoms with Gasteiger partial charge in [0.05, 0.1) is 21.5 Å². The maximum absolute atomic E-state index is 11.9.